The maximum Gasteiger partial charge on any atom is 0.143 e. The van der Waals surface area contributed by atoms with Gasteiger partial charge in [-0.1, -0.05) is 140 Å². The molecule has 3 heteroatoms. The summed E-state index contributed by atoms with van der Waals surface area (Å²) >= 11 is 0. The van der Waals surface area contributed by atoms with E-state index in [2.05, 4.69) is 181 Å². The predicted molar refractivity (Wildman–Crippen MR) is 222 cm³/mol. The van der Waals surface area contributed by atoms with E-state index in [0.717, 1.165) is 88.6 Å². The van der Waals surface area contributed by atoms with Crippen molar-refractivity contribution in [3.8, 4) is 22.3 Å². The number of nitrogens with zero attached hydrogens (tertiary/aromatic N) is 1. The van der Waals surface area contributed by atoms with Crippen molar-refractivity contribution in [2.24, 2.45) is 0 Å². The molecule has 0 aliphatic rings. The molecule has 2 heterocycles. The van der Waals surface area contributed by atoms with E-state index >= 15 is 0 Å². The van der Waals surface area contributed by atoms with Gasteiger partial charge in [-0.15, -0.1) is 0 Å². The summed E-state index contributed by atoms with van der Waals surface area (Å²) in [5.41, 5.74) is 11.2. The third kappa shape index (κ3) is 4.68. The molecule has 53 heavy (non-hydrogen) atoms. The van der Waals surface area contributed by atoms with Gasteiger partial charge in [0.15, 0.2) is 0 Å². The van der Waals surface area contributed by atoms with Gasteiger partial charge in [0.05, 0.1) is 11.4 Å². The van der Waals surface area contributed by atoms with Crippen LogP contribution in [0.15, 0.2) is 197 Å². The zero-order chi connectivity index (χ0) is 34.9. The van der Waals surface area contributed by atoms with Gasteiger partial charge in [0.1, 0.15) is 22.3 Å². The molecule has 0 saturated heterocycles. The van der Waals surface area contributed by atoms with Gasteiger partial charge in [0.25, 0.3) is 0 Å². The second-order valence-corrected chi connectivity index (χ2v) is 13.7. The number of para-hydroxylation sites is 3. The molecule has 0 saturated carbocycles. The Labute approximate surface area is 305 Å². The Hall–Kier alpha value is -7.10. The molecule has 0 aliphatic carbocycles. The molecule has 11 aromatic rings. The fourth-order valence-electron chi connectivity index (χ4n) is 8.15. The highest BCUT2D eigenvalue weighted by Crippen LogP contribution is 2.46. The van der Waals surface area contributed by atoms with Crippen LogP contribution >= 0.6 is 0 Å². The van der Waals surface area contributed by atoms with Crippen LogP contribution in [0.3, 0.4) is 0 Å². The lowest BCUT2D eigenvalue weighted by molar-refractivity contribution is 0.669. The molecule has 0 amide bonds. The monoisotopic (exact) mass is 677 g/mol. The van der Waals surface area contributed by atoms with E-state index in [-0.39, 0.29) is 0 Å². The minimum Gasteiger partial charge on any atom is -0.456 e. The fourth-order valence-corrected chi connectivity index (χ4v) is 8.15. The Balaban J connectivity index is 1.10. The van der Waals surface area contributed by atoms with Crippen molar-refractivity contribution >= 4 is 82.5 Å². The van der Waals surface area contributed by atoms with Crippen molar-refractivity contribution in [1.82, 2.24) is 0 Å². The SMILES string of the molecule is c1ccc(N(c2ccc(-c3ccc4c(c3)oc3ccccc34)cc2)c2cccc3ccccc23)c(-c2cccc3c2oc2c4ccccc4ccc32)c1. The van der Waals surface area contributed by atoms with Crippen LogP contribution in [0.4, 0.5) is 17.1 Å². The summed E-state index contributed by atoms with van der Waals surface area (Å²) < 4.78 is 13.1. The Kier molecular flexibility index (Phi) is 6.55. The molecule has 0 unspecified atom stereocenters. The number of benzene rings is 9. The van der Waals surface area contributed by atoms with E-state index in [1.54, 1.807) is 0 Å². The van der Waals surface area contributed by atoms with Gasteiger partial charge in [-0.05, 0) is 70.4 Å². The van der Waals surface area contributed by atoms with Gasteiger partial charge in [0, 0.05) is 49.1 Å². The van der Waals surface area contributed by atoms with Gasteiger partial charge >= 0.3 is 0 Å². The topological polar surface area (TPSA) is 29.5 Å². The van der Waals surface area contributed by atoms with Crippen molar-refractivity contribution < 1.29 is 8.83 Å². The van der Waals surface area contributed by atoms with E-state index in [0.29, 0.717) is 0 Å². The van der Waals surface area contributed by atoms with Crippen LogP contribution < -0.4 is 4.90 Å². The van der Waals surface area contributed by atoms with Gasteiger partial charge < -0.3 is 13.7 Å². The first-order valence-corrected chi connectivity index (χ1v) is 18.0. The van der Waals surface area contributed by atoms with Gasteiger partial charge in [-0.25, -0.2) is 0 Å². The fraction of sp³-hybridized carbons (Fsp3) is 0. The van der Waals surface area contributed by atoms with Crippen LogP contribution in [0.5, 0.6) is 0 Å². The van der Waals surface area contributed by atoms with E-state index in [1.807, 2.05) is 12.1 Å². The zero-order valence-corrected chi connectivity index (χ0v) is 28.7. The number of hydrogen-bond acceptors (Lipinski definition) is 3. The first-order chi connectivity index (χ1) is 26.3. The Morgan fingerprint density at radius 3 is 1.79 bits per heavy atom. The molecular weight excluding hydrogens is 647 g/mol. The van der Waals surface area contributed by atoms with Gasteiger partial charge in [-0.2, -0.15) is 0 Å². The summed E-state index contributed by atoms with van der Waals surface area (Å²) in [6, 6.07) is 66.8. The number of anilines is 3. The highest BCUT2D eigenvalue weighted by molar-refractivity contribution is 6.18. The smallest absolute Gasteiger partial charge is 0.143 e. The maximum atomic E-state index is 6.86. The molecule has 0 spiro atoms. The lowest BCUT2D eigenvalue weighted by atomic mass is 9.98. The molecule has 248 valence electrons. The first kappa shape index (κ1) is 29.6. The lowest BCUT2D eigenvalue weighted by Crippen LogP contribution is -2.11. The summed E-state index contributed by atoms with van der Waals surface area (Å²) in [6.45, 7) is 0. The summed E-state index contributed by atoms with van der Waals surface area (Å²) in [5.74, 6) is 0. The quantitative estimate of drug-likeness (QED) is 0.182. The molecule has 3 nitrogen and oxygen atoms in total. The van der Waals surface area contributed by atoms with Crippen LogP contribution in [0.25, 0.3) is 87.7 Å². The largest absolute Gasteiger partial charge is 0.456 e. The number of furan rings is 2. The Morgan fingerprint density at radius 1 is 0.321 bits per heavy atom. The summed E-state index contributed by atoms with van der Waals surface area (Å²) in [6.07, 6.45) is 0. The molecule has 0 fully saturated rings. The van der Waals surface area contributed by atoms with Crippen molar-refractivity contribution in [3.63, 3.8) is 0 Å². The summed E-state index contributed by atoms with van der Waals surface area (Å²) in [7, 11) is 0. The second-order valence-electron chi connectivity index (χ2n) is 13.7. The number of rotatable bonds is 5. The van der Waals surface area contributed by atoms with Gasteiger partial charge in [-0.3, -0.25) is 0 Å². The summed E-state index contributed by atoms with van der Waals surface area (Å²) in [4.78, 5) is 2.39. The average molecular weight is 678 g/mol. The van der Waals surface area contributed by atoms with Crippen LogP contribution in [-0.2, 0) is 0 Å². The molecule has 0 bridgehead atoms. The highest BCUT2D eigenvalue weighted by Gasteiger charge is 2.22. The van der Waals surface area contributed by atoms with E-state index in [1.165, 1.54) is 16.2 Å². The van der Waals surface area contributed by atoms with Crippen LogP contribution in [0, 0.1) is 0 Å². The number of fused-ring (bicyclic) bond motifs is 9. The predicted octanol–water partition coefficient (Wildman–Crippen LogP) is 14.6. The normalized spacial score (nSPS) is 11.8. The molecular formula is C50H31NO2. The third-order valence-corrected chi connectivity index (χ3v) is 10.7. The van der Waals surface area contributed by atoms with Crippen LogP contribution in [-0.4, -0.2) is 0 Å². The van der Waals surface area contributed by atoms with Gasteiger partial charge in [0.2, 0.25) is 0 Å². The van der Waals surface area contributed by atoms with E-state index < -0.39 is 0 Å². The maximum absolute atomic E-state index is 6.86. The van der Waals surface area contributed by atoms with E-state index in [4.69, 9.17) is 8.83 Å². The molecule has 9 aromatic carbocycles. The van der Waals surface area contributed by atoms with E-state index in [9.17, 15) is 0 Å². The molecule has 0 N–H and O–H groups in total. The van der Waals surface area contributed by atoms with Crippen LogP contribution in [0.2, 0.25) is 0 Å². The molecule has 11 rings (SSSR count). The molecule has 0 aliphatic heterocycles. The first-order valence-electron chi connectivity index (χ1n) is 18.0. The standard InChI is InChI=1S/C50H31NO2/c1-3-14-37-33(11-1)13-9-21-45(37)51(36-27-23-32(24-28-36)35-26-29-41-40-17-6-8-22-47(40)52-48(41)31-35)46-20-7-5-16-39(46)42-18-10-19-43-44-30-25-34-12-2-4-15-38(34)49(44)53-50(42)43/h1-31H. The van der Waals surface area contributed by atoms with Crippen molar-refractivity contribution in [2.75, 3.05) is 4.90 Å². The second kappa shape index (κ2) is 11.7. The minimum atomic E-state index is 0.889. The molecule has 0 radical (unpaired) electrons. The van der Waals surface area contributed by atoms with Crippen LogP contribution in [0.1, 0.15) is 0 Å². The van der Waals surface area contributed by atoms with Crippen molar-refractivity contribution in [2.45, 2.75) is 0 Å². The molecule has 0 atom stereocenters. The Bertz CT molecular complexity index is 3180. The van der Waals surface area contributed by atoms with Crippen molar-refractivity contribution in [3.05, 3.63) is 188 Å². The Morgan fingerprint density at radius 2 is 0.906 bits per heavy atom. The molecule has 2 aromatic heterocycles. The zero-order valence-electron chi connectivity index (χ0n) is 28.7. The third-order valence-electron chi connectivity index (χ3n) is 10.7. The average Bonchev–Trinajstić information content (AvgIpc) is 3.80. The minimum absolute atomic E-state index is 0.889. The lowest BCUT2D eigenvalue weighted by Gasteiger charge is -2.29. The van der Waals surface area contributed by atoms with Crippen molar-refractivity contribution in [1.29, 1.82) is 0 Å². The number of hydrogen-bond donors (Lipinski definition) is 0. The summed E-state index contributed by atoms with van der Waals surface area (Å²) in [5, 5.41) is 9.17. The highest BCUT2D eigenvalue weighted by atomic mass is 16.3.